The number of phenols is 2. The molecule has 254 valence electrons. The summed E-state index contributed by atoms with van der Waals surface area (Å²) < 4.78 is 29.1. The molecule has 0 bridgehead atoms. The fraction of sp³-hybridized carbons (Fsp3) is 0.471. The molecule has 0 unspecified atom stereocenters. The van der Waals surface area contributed by atoms with Gasteiger partial charge < -0.3 is 33.9 Å². The maximum Gasteiger partial charge on any atom is 0.146 e. The molecule has 2 aromatic heterocycles. The molecule has 1 fully saturated rings. The van der Waals surface area contributed by atoms with Gasteiger partial charge in [0.15, 0.2) is 0 Å². The summed E-state index contributed by atoms with van der Waals surface area (Å²) in [6.45, 7) is 8.06. The van der Waals surface area contributed by atoms with Crippen molar-refractivity contribution >= 4 is 45.0 Å². The monoisotopic (exact) mass is 688 g/mol. The van der Waals surface area contributed by atoms with Crippen molar-refractivity contribution in [2.45, 2.75) is 13.1 Å². The summed E-state index contributed by atoms with van der Waals surface area (Å²) in [5, 5.41) is 24.4. The molecule has 1 aliphatic heterocycles. The predicted octanol–water partition coefficient (Wildman–Crippen LogP) is 4.90. The molecule has 1 saturated heterocycles. The van der Waals surface area contributed by atoms with Crippen LogP contribution in [0.4, 0.5) is 0 Å². The lowest BCUT2D eigenvalue weighted by Gasteiger charge is -2.24. The second kappa shape index (κ2) is 18.6. The Bertz CT molecular complexity index is 1470. The number of ether oxygens (including phenoxy) is 5. The van der Waals surface area contributed by atoms with Gasteiger partial charge in [0.2, 0.25) is 0 Å². The van der Waals surface area contributed by atoms with Crippen molar-refractivity contribution in [3.05, 3.63) is 70.0 Å². The van der Waals surface area contributed by atoms with E-state index in [0.29, 0.717) is 148 Å². The van der Waals surface area contributed by atoms with E-state index in [0.717, 1.165) is 0 Å². The minimum absolute atomic E-state index is 0.128. The molecule has 0 amide bonds. The van der Waals surface area contributed by atoms with Crippen molar-refractivity contribution in [2.24, 2.45) is 0 Å². The zero-order chi connectivity index (χ0) is 32.8. The molecule has 0 spiro atoms. The zero-order valence-electron chi connectivity index (χ0n) is 26.4. The summed E-state index contributed by atoms with van der Waals surface area (Å²) in [6.07, 6.45) is 3.28. The lowest BCUT2D eigenvalue weighted by atomic mass is 10.1. The smallest absolute Gasteiger partial charge is 0.146 e. The molecule has 0 aliphatic carbocycles. The third kappa shape index (κ3) is 10.3. The van der Waals surface area contributed by atoms with Gasteiger partial charge in [0.1, 0.15) is 22.5 Å². The Morgan fingerprint density at radius 2 is 0.894 bits per heavy atom. The van der Waals surface area contributed by atoms with Crippen LogP contribution in [0.1, 0.15) is 11.1 Å². The van der Waals surface area contributed by atoms with Gasteiger partial charge >= 0.3 is 0 Å². The third-order valence-electron chi connectivity index (χ3n) is 7.90. The summed E-state index contributed by atoms with van der Waals surface area (Å²) in [4.78, 5) is 13.0. The van der Waals surface area contributed by atoms with Gasteiger partial charge in [0.25, 0.3) is 0 Å². The molecule has 11 nitrogen and oxygen atoms in total. The Balaban J connectivity index is 1.16. The second-order valence-electron chi connectivity index (χ2n) is 11.1. The van der Waals surface area contributed by atoms with Crippen molar-refractivity contribution in [3.63, 3.8) is 0 Å². The standard InChI is InChI=1S/C34H42Cl2N4O7/c35-29-21-25(33(41)31-27(29)3-1-5-37-31)23-39-7-11-43-15-16-44-12-8-40(10-14-46-18-20-47-19-17-45-13-9-39)24-26-22-30(36)28-4-2-6-38-32(28)34(26)42/h1-6,21-22,41-42H,7-20,23-24H2. The van der Waals surface area contributed by atoms with E-state index in [-0.39, 0.29) is 11.5 Å². The van der Waals surface area contributed by atoms with Crippen LogP contribution in [0.15, 0.2) is 48.8 Å². The van der Waals surface area contributed by atoms with Crippen LogP contribution in [0.2, 0.25) is 10.0 Å². The minimum atomic E-state index is 0.128. The Hall–Kier alpha value is -2.84. The van der Waals surface area contributed by atoms with Crippen molar-refractivity contribution in [1.82, 2.24) is 19.8 Å². The predicted molar refractivity (Wildman–Crippen MR) is 181 cm³/mol. The number of aromatic nitrogens is 2. The van der Waals surface area contributed by atoms with E-state index in [1.165, 1.54) is 0 Å². The van der Waals surface area contributed by atoms with Crippen LogP contribution in [0.5, 0.6) is 11.5 Å². The average molecular weight is 690 g/mol. The van der Waals surface area contributed by atoms with Gasteiger partial charge in [-0.2, -0.15) is 0 Å². The van der Waals surface area contributed by atoms with Crippen molar-refractivity contribution in [3.8, 4) is 11.5 Å². The van der Waals surface area contributed by atoms with Crippen LogP contribution in [0.25, 0.3) is 21.8 Å². The number of halogens is 2. The van der Waals surface area contributed by atoms with E-state index in [4.69, 9.17) is 46.9 Å². The molecular weight excluding hydrogens is 647 g/mol. The summed E-state index contributed by atoms with van der Waals surface area (Å²) in [5.41, 5.74) is 2.35. The molecule has 1 aliphatic rings. The maximum atomic E-state index is 10.9. The lowest BCUT2D eigenvalue weighted by molar-refractivity contribution is 0.00526. The fourth-order valence-electron chi connectivity index (χ4n) is 5.38. The average Bonchev–Trinajstić information content (AvgIpc) is 3.08. The fourth-order valence-corrected chi connectivity index (χ4v) is 5.95. The Morgan fingerprint density at radius 1 is 0.553 bits per heavy atom. The van der Waals surface area contributed by atoms with E-state index in [2.05, 4.69) is 19.8 Å². The normalized spacial score (nSPS) is 18.3. The van der Waals surface area contributed by atoms with E-state index < -0.39 is 0 Å². The molecule has 5 rings (SSSR count). The van der Waals surface area contributed by atoms with Crippen LogP contribution in [0.3, 0.4) is 0 Å². The number of benzene rings is 2. The van der Waals surface area contributed by atoms with Gasteiger partial charge in [0.05, 0.1) is 76.1 Å². The van der Waals surface area contributed by atoms with Gasteiger partial charge in [0, 0.05) is 73.6 Å². The number of hydrogen-bond acceptors (Lipinski definition) is 11. The topological polar surface area (TPSA) is 119 Å². The van der Waals surface area contributed by atoms with Crippen LogP contribution in [0, 0.1) is 0 Å². The lowest BCUT2D eigenvalue weighted by Crippen LogP contribution is -2.32. The summed E-state index contributed by atoms with van der Waals surface area (Å²) >= 11 is 13.0. The van der Waals surface area contributed by atoms with Crippen LogP contribution in [-0.4, -0.2) is 122 Å². The summed E-state index contributed by atoms with van der Waals surface area (Å²) in [6, 6.07) is 10.9. The summed E-state index contributed by atoms with van der Waals surface area (Å²) in [7, 11) is 0. The number of phenolic OH excluding ortho intramolecular Hbond substituents is 2. The molecule has 47 heavy (non-hydrogen) atoms. The number of hydrogen-bond donors (Lipinski definition) is 2. The highest BCUT2D eigenvalue weighted by atomic mass is 35.5. The Labute approximate surface area is 284 Å². The van der Waals surface area contributed by atoms with Gasteiger partial charge in [-0.1, -0.05) is 23.2 Å². The molecule has 3 heterocycles. The second-order valence-corrected chi connectivity index (χ2v) is 12.0. The highest BCUT2D eigenvalue weighted by Gasteiger charge is 2.17. The van der Waals surface area contributed by atoms with Gasteiger partial charge in [-0.25, -0.2) is 0 Å². The number of fused-ring (bicyclic) bond motifs is 2. The molecule has 2 aromatic carbocycles. The first-order valence-corrected chi connectivity index (χ1v) is 16.6. The van der Waals surface area contributed by atoms with Gasteiger partial charge in [-0.3, -0.25) is 19.8 Å². The third-order valence-corrected chi connectivity index (χ3v) is 8.53. The van der Waals surface area contributed by atoms with E-state index in [1.54, 1.807) is 36.7 Å². The van der Waals surface area contributed by atoms with Crippen LogP contribution >= 0.6 is 23.2 Å². The molecule has 13 heteroatoms. The molecule has 4 aromatic rings. The molecular formula is C34H42Cl2N4O7. The summed E-state index contributed by atoms with van der Waals surface area (Å²) in [5.74, 6) is 0.255. The number of nitrogens with zero attached hydrogens (tertiary/aromatic N) is 4. The molecule has 0 radical (unpaired) electrons. The van der Waals surface area contributed by atoms with E-state index >= 15 is 0 Å². The Morgan fingerprint density at radius 3 is 1.26 bits per heavy atom. The first kappa shape index (κ1) is 35.5. The van der Waals surface area contributed by atoms with Crippen molar-refractivity contribution < 1.29 is 33.9 Å². The first-order valence-electron chi connectivity index (χ1n) is 15.8. The Kier molecular flexibility index (Phi) is 14.1. The van der Waals surface area contributed by atoms with Crippen LogP contribution < -0.4 is 0 Å². The molecule has 0 saturated carbocycles. The SMILES string of the molecule is Oc1c(CN2CCOCCOCCOCCN(Cc3cc(Cl)c4cccnc4c3O)CCOCCOCC2)cc(Cl)c2cccnc12. The number of pyridine rings is 2. The highest BCUT2D eigenvalue weighted by Crippen LogP contribution is 2.34. The van der Waals surface area contributed by atoms with E-state index in [1.807, 2.05) is 12.1 Å². The minimum Gasteiger partial charge on any atom is -0.505 e. The van der Waals surface area contributed by atoms with E-state index in [9.17, 15) is 10.2 Å². The molecule has 0 atom stereocenters. The van der Waals surface area contributed by atoms with Crippen molar-refractivity contribution in [1.29, 1.82) is 0 Å². The van der Waals surface area contributed by atoms with Gasteiger partial charge in [-0.15, -0.1) is 0 Å². The number of aromatic hydroxyl groups is 2. The quantitative estimate of drug-likeness (QED) is 0.305. The highest BCUT2D eigenvalue weighted by molar-refractivity contribution is 6.36. The molecule has 2 N–H and O–H groups in total. The van der Waals surface area contributed by atoms with Crippen molar-refractivity contribution in [2.75, 3.05) is 92.2 Å². The maximum absolute atomic E-state index is 10.9. The number of rotatable bonds is 4. The van der Waals surface area contributed by atoms with Gasteiger partial charge in [-0.05, 0) is 36.4 Å². The van der Waals surface area contributed by atoms with Crippen LogP contribution in [-0.2, 0) is 36.8 Å². The zero-order valence-corrected chi connectivity index (χ0v) is 27.9. The first-order chi connectivity index (χ1) is 23.0. The largest absolute Gasteiger partial charge is 0.505 e.